The third-order valence-corrected chi connectivity index (χ3v) is 6.14. The molecule has 2 aromatic carbocycles. The number of nitrogens with zero attached hydrogens (tertiary/aromatic N) is 3. The Kier molecular flexibility index (Phi) is 3.96. The van der Waals surface area contributed by atoms with Crippen molar-refractivity contribution in [2.24, 2.45) is 0 Å². The van der Waals surface area contributed by atoms with E-state index in [0.717, 1.165) is 28.4 Å². The van der Waals surface area contributed by atoms with Crippen molar-refractivity contribution in [2.45, 2.75) is 18.4 Å². The maximum atomic E-state index is 14.4. The average Bonchev–Trinajstić information content (AvgIpc) is 3.60. The van der Waals surface area contributed by atoms with Gasteiger partial charge in [0.2, 0.25) is 0 Å². The molecule has 2 atom stereocenters. The fourth-order valence-corrected chi connectivity index (χ4v) is 4.48. The normalized spacial score (nSPS) is 17.8. The van der Waals surface area contributed by atoms with Gasteiger partial charge < -0.3 is 4.57 Å². The van der Waals surface area contributed by atoms with Crippen LogP contribution in [0.25, 0.3) is 32.8 Å². The first kappa shape index (κ1) is 18.0. The number of fused-ring (bicyclic) bond motifs is 2. The molecule has 1 saturated carbocycles. The van der Waals surface area contributed by atoms with Gasteiger partial charge in [-0.1, -0.05) is 42.5 Å². The van der Waals surface area contributed by atoms with Crippen molar-refractivity contribution in [3.63, 3.8) is 0 Å². The molecule has 4 nitrogen and oxygen atoms in total. The average molecular weight is 407 g/mol. The second-order valence-corrected chi connectivity index (χ2v) is 7.99. The molecule has 6 rings (SSSR count). The van der Waals surface area contributed by atoms with Crippen LogP contribution in [0.5, 0.6) is 0 Å². The Morgan fingerprint density at radius 2 is 1.77 bits per heavy atom. The Hall–Kier alpha value is -3.86. The lowest BCUT2D eigenvalue weighted by Gasteiger charge is -2.11. The van der Waals surface area contributed by atoms with Crippen LogP contribution in [0.3, 0.4) is 0 Å². The van der Waals surface area contributed by atoms with Crippen molar-refractivity contribution >= 4 is 21.7 Å². The summed E-state index contributed by atoms with van der Waals surface area (Å²) < 4.78 is 16.2. The fourth-order valence-electron chi connectivity index (χ4n) is 4.48. The molecule has 1 fully saturated rings. The van der Waals surface area contributed by atoms with Crippen molar-refractivity contribution in [3.05, 3.63) is 107 Å². The van der Waals surface area contributed by atoms with E-state index < -0.39 is 5.82 Å². The van der Waals surface area contributed by atoms with Gasteiger partial charge in [-0.05, 0) is 41.6 Å². The highest BCUT2D eigenvalue weighted by Gasteiger charge is 2.41. The highest BCUT2D eigenvalue weighted by atomic mass is 19.1. The van der Waals surface area contributed by atoms with E-state index in [4.69, 9.17) is 4.98 Å². The molecule has 5 heteroatoms. The summed E-state index contributed by atoms with van der Waals surface area (Å²) in [6.45, 7) is 0. The van der Waals surface area contributed by atoms with Crippen molar-refractivity contribution < 1.29 is 4.39 Å². The summed E-state index contributed by atoms with van der Waals surface area (Å²) >= 11 is 0. The zero-order valence-corrected chi connectivity index (χ0v) is 16.6. The number of hydrogen-bond donors (Lipinski definition) is 0. The van der Waals surface area contributed by atoms with Crippen LogP contribution in [0.1, 0.15) is 24.1 Å². The van der Waals surface area contributed by atoms with Gasteiger partial charge in [-0.3, -0.25) is 14.8 Å². The quantitative estimate of drug-likeness (QED) is 0.398. The molecule has 5 aromatic rings. The summed E-state index contributed by atoms with van der Waals surface area (Å²) in [6.07, 6.45) is 5.44. The van der Waals surface area contributed by atoms with Crippen molar-refractivity contribution in [3.8, 4) is 11.1 Å². The first-order valence-corrected chi connectivity index (χ1v) is 10.3. The minimum absolute atomic E-state index is 0.0564. The number of rotatable bonds is 3. The summed E-state index contributed by atoms with van der Waals surface area (Å²) in [7, 11) is 0. The van der Waals surface area contributed by atoms with Gasteiger partial charge in [0.15, 0.2) is 0 Å². The Labute approximate surface area is 177 Å². The monoisotopic (exact) mass is 407 g/mol. The molecule has 0 aliphatic heterocycles. The Morgan fingerprint density at radius 1 is 0.903 bits per heavy atom. The molecule has 0 bridgehead atoms. The van der Waals surface area contributed by atoms with E-state index in [1.807, 2.05) is 48.7 Å². The maximum absolute atomic E-state index is 14.4. The second-order valence-electron chi connectivity index (χ2n) is 7.99. The molecule has 150 valence electrons. The molecular weight excluding hydrogens is 389 g/mol. The van der Waals surface area contributed by atoms with E-state index in [2.05, 4.69) is 17.1 Å². The lowest BCUT2D eigenvalue weighted by Crippen LogP contribution is -2.19. The van der Waals surface area contributed by atoms with Crippen LogP contribution in [0.2, 0.25) is 0 Å². The summed E-state index contributed by atoms with van der Waals surface area (Å²) in [6, 6.07) is 21.3. The first-order valence-electron chi connectivity index (χ1n) is 10.3. The van der Waals surface area contributed by atoms with E-state index in [9.17, 15) is 9.18 Å². The lowest BCUT2D eigenvalue weighted by atomic mass is 10.00. The molecule has 3 aromatic heterocycles. The molecule has 3 heterocycles. The van der Waals surface area contributed by atoms with E-state index in [1.54, 1.807) is 22.9 Å². The minimum Gasteiger partial charge on any atom is -0.311 e. The number of para-hydroxylation sites is 1. The number of aromatic nitrogens is 3. The third kappa shape index (κ3) is 2.93. The van der Waals surface area contributed by atoms with Crippen molar-refractivity contribution in [1.82, 2.24) is 14.5 Å². The lowest BCUT2D eigenvalue weighted by molar-refractivity contribution is 0.625. The molecule has 0 amide bonds. The minimum atomic E-state index is -0.436. The SMILES string of the molecule is O=c1c2c(-c3ccncc3F)cccc2ccn1C1CC1c1ccc2ccccc2n1. The summed E-state index contributed by atoms with van der Waals surface area (Å²) in [4.78, 5) is 22.1. The highest BCUT2D eigenvalue weighted by molar-refractivity contribution is 5.96. The van der Waals surface area contributed by atoms with Crippen LogP contribution in [0.15, 0.2) is 90.1 Å². The predicted molar refractivity (Wildman–Crippen MR) is 120 cm³/mol. The molecule has 2 unspecified atom stereocenters. The van der Waals surface area contributed by atoms with Crippen LogP contribution in [0, 0.1) is 5.82 Å². The van der Waals surface area contributed by atoms with Gasteiger partial charge in [0.05, 0.1) is 17.1 Å². The van der Waals surface area contributed by atoms with Crippen LogP contribution in [-0.2, 0) is 0 Å². The van der Waals surface area contributed by atoms with Crippen molar-refractivity contribution in [2.75, 3.05) is 0 Å². The molecule has 1 aliphatic rings. The first-order chi connectivity index (χ1) is 15.2. The topological polar surface area (TPSA) is 47.8 Å². The van der Waals surface area contributed by atoms with Gasteiger partial charge >= 0.3 is 0 Å². The van der Waals surface area contributed by atoms with Gasteiger partial charge in [0.25, 0.3) is 5.56 Å². The fraction of sp³-hybridized carbons (Fsp3) is 0.115. The largest absolute Gasteiger partial charge is 0.311 e. The van der Waals surface area contributed by atoms with E-state index in [0.29, 0.717) is 16.5 Å². The van der Waals surface area contributed by atoms with Gasteiger partial charge in [-0.15, -0.1) is 0 Å². The molecule has 0 radical (unpaired) electrons. The van der Waals surface area contributed by atoms with Crippen LogP contribution >= 0.6 is 0 Å². The van der Waals surface area contributed by atoms with Gasteiger partial charge in [-0.2, -0.15) is 0 Å². The third-order valence-electron chi connectivity index (χ3n) is 6.14. The molecule has 0 N–H and O–H groups in total. The zero-order chi connectivity index (χ0) is 20.9. The van der Waals surface area contributed by atoms with Gasteiger partial charge in [0, 0.05) is 41.0 Å². The van der Waals surface area contributed by atoms with Crippen LogP contribution in [0.4, 0.5) is 4.39 Å². The molecule has 1 aliphatic carbocycles. The Balaban J connectivity index is 1.44. The van der Waals surface area contributed by atoms with Crippen LogP contribution < -0.4 is 5.56 Å². The van der Waals surface area contributed by atoms with Crippen molar-refractivity contribution in [1.29, 1.82) is 0 Å². The number of halogens is 1. The maximum Gasteiger partial charge on any atom is 0.259 e. The summed E-state index contributed by atoms with van der Waals surface area (Å²) in [5.41, 5.74) is 2.85. The van der Waals surface area contributed by atoms with Crippen LogP contribution in [-0.4, -0.2) is 14.5 Å². The van der Waals surface area contributed by atoms with Gasteiger partial charge in [-0.25, -0.2) is 4.39 Å². The molecule has 0 spiro atoms. The number of pyridine rings is 3. The van der Waals surface area contributed by atoms with E-state index >= 15 is 0 Å². The zero-order valence-electron chi connectivity index (χ0n) is 16.6. The molecule has 0 saturated heterocycles. The highest BCUT2D eigenvalue weighted by Crippen LogP contribution is 2.50. The molecular formula is C26H18FN3O. The van der Waals surface area contributed by atoms with Gasteiger partial charge in [0.1, 0.15) is 5.82 Å². The standard InChI is InChI=1S/C26H18FN3O/c27-21-15-28-12-10-18(21)19-6-3-5-17-11-13-30(26(31)25(17)19)24-14-20(24)23-9-8-16-4-1-2-7-22(16)29-23/h1-13,15,20,24H,14H2. The smallest absolute Gasteiger partial charge is 0.259 e. The Morgan fingerprint density at radius 3 is 2.68 bits per heavy atom. The Bertz CT molecular complexity index is 1520. The number of benzene rings is 2. The number of hydrogen-bond acceptors (Lipinski definition) is 3. The summed E-state index contributed by atoms with van der Waals surface area (Å²) in [5.74, 6) is -0.237. The van der Waals surface area contributed by atoms with E-state index in [1.165, 1.54) is 6.20 Å². The predicted octanol–water partition coefficient (Wildman–Crippen LogP) is 5.48. The second kappa shape index (κ2) is 6.84. The summed E-state index contributed by atoms with van der Waals surface area (Å²) in [5, 5.41) is 2.44. The molecule has 31 heavy (non-hydrogen) atoms. The van der Waals surface area contributed by atoms with E-state index in [-0.39, 0.29) is 17.5 Å².